The van der Waals surface area contributed by atoms with E-state index in [2.05, 4.69) is 15.9 Å². The van der Waals surface area contributed by atoms with Crippen molar-refractivity contribution in [3.63, 3.8) is 0 Å². The van der Waals surface area contributed by atoms with Crippen molar-refractivity contribution in [3.05, 3.63) is 33.6 Å². The van der Waals surface area contributed by atoms with Crippen molar-refractivity contribution >= 4 is 21.7 Å². The summed E-state index contributed by atoms with van der Waals surface area (Å²) in [5.74, 6) is -4.54. The predicted octanol–water partition coefficient (Wildman–Crippen LogP) is 2.01. The minimum atomic E-state index is -1.27. The lowest BCUT2D eigenvalue weighted by molar-refractivity contribution is 0.0993. The Hall–Kier alpha value is -0.880. The van der Waals surface area contributed by atoms with E-state index in [-0.39, 0.29) is 0 Å². The Bertz CT molecular complexity index is 395. The summed E-state index contributed by atoms with van der Waals surface area (Å²) < 4.78 is 38.3. The quantitative estimate of drug-likeness (QED) is 0.506. The van der Waals surface area contributed by atoms with Gasteiger partial charge in [-0.05, 0) is 15.9 Å². The zero-order valence-corrected chi connectivity index (χ0v) is 8.37. The Morgan fingerprint density at radius 2 is 1.93 bits per heavy atom. The molecule has 0 aliphatic rings. The van der Waals surface area contributed by atoms with Crippen molar-refractivity contribution in [2.24, 2.45) is 5.73 Å². The highest BCUT2D eigenvalue weighted by atomic mass is 79.9. The maximum Gasteiger partial charge on any atom is 0.182 e. The van der Waals surface area contributed by atoms with E-state index in [1.165, 1.54) is 0 Å². The van der Waals surface area contributed by atoms with Gasteiger partial charge in [-0.3, -0.25) is 4.79 Å². The Morgan fingerprint density at radius 3 is 2.43 bits per heavy atom. The lowest BCUT2D eigenvalue weighted by Crippen LogP contribution is -2.17. The minimum Gasteiger partial charge on any atom is -0.324 e. The van der Waals surface area contributed by atoms with Gasteiger partial charge in [0.1, 0.15) is 11.6 Å². The van der Waals surface area contributed by atoms with Gasteiger partial charge in [0.25, 0.3) is 0 Å². The molecular weight excluding hydrogens is 263 g/mol. The number of carbonyl (C=O) groups excluding carboxylic acids is 1. The van der Waals surface area contributed by atoms with Crippen molar-refractivity contribution in [1.82, 2.24) is 0 Å². The summed E-state index contributed by atoms with van der Waals surface area (Å²) >= 11 is 2.55. The average Bonchev–Trinajstić information content (AvgIpc) is 2.14. The van der Waals surface area contributed by atoms with Gasteiger partial charge in [-0.2, -0.15) is 0 Å². The van der Waals surface area contributed by atoms with Crippen LogP contribution in [0.3, 0.4) is 0 Å². The third-order valence-corrected chi connectivity index (χ3v) is 2.31. The molecule has 2 nitrogen and oxygen atoms in total. The molecule has 1 rings (SSSR count). The van der Waals surface area contributed by atoms with Crippen LogP contribution in [0.1, 0.15) is 10.4 Å². The van der Waals surface area contributed by atoms with Crippen molar-refractivity contribution in [1.29, 1.82) is 0 Å². The number of Topliss-reactive ketones (excluding diaryl/α,β-unsaturated/α-hetero) is 1. The smallest absolute Gasteiger partial charge is 0.182 e. The van der Waals surface area contributed by atoms with Crippen LogP contribution in [-0.2, 0) is 0 Å². The number of benzene rings is 1. The monoisotopic (exact) mass is 267 g/mol. The lowest BCUT2D eigenvalue weighted by atomic mass is 10.1. The molecule has 0 saturated heterocycles. The van der Waals surface area contributed by atoms with Crippen molar-refractivity contribution < 1.29 is 18.0 Å². The highest BCUT2D eigenvalue weighted by Crippen LogP contribution is 2.25. The Kier molecular flexibility index (Phi) is 3.28. The van der Waals surface area contributed by atoms with Crippen LogP contribution in [0.5, 0.6) is 0 Å². The molecular formula is C8H5BrF3NO. The fourth-order valence-corrected chi connectivity index (χ4v) is 1.24. The van der Waals surface area contributed by atoms with Gasteiger partial charge >= 0.3 is 0 Å². The van der Waals surface area contributed by atoms with Gasteiger partial charge in [0.15, 0.2) is 11.6 Å². The third-order valence-electron chi connectivity index (χ3n) is 1.58. The molecule has 0 spiro atoms. The van der Waals surface area contributed by atoms with E-state index in [1.54, 1.807) is 0 Å². The molecule has 0 unspecified atom stereocenters. The first-order chi connectivity index (χ1) is 6.49. The SMILES string of the molecule is NCC(=O)c1c(F)cc(F)c(Br)c1F. The molecule has 0 fully saturated rings. The van der Waals surface area contributed by atoms with E-state index >= 15 is 0 Å². The molecule has 14 heavy (non-hydrogen) atoms. The zero-order chi connectivity index (χ0) is 10.9. The fourth-order valence-electron chi connectivity index (χ4n) is 0.924. The highest BCUT2D eigenvalue weighted by molar-refractivity contribution is 9.10. The van der Waals surface area contributed by atoms with Crippen LogP contribution in [-0.4, -0.2) is 12.3 Å². The third kappa shape index (κ3) is 1.80. The second kappa shape index (κ2) is 4.10. The molecule has 1 aromatic carbocycles. The van der Waals surface area contributed by atoms with Crippen molar-refractivity contribution in [2.45, 2.75) is 0 Å². The van der Waals surface area contributed by atoms with Crippen LogP contribution in [0, 0.1) is 17.5 Å². The van der Waals surface area contributed by atoms with Crippen molar-refractivity contribution in [2.75, 3.05) is 6.54 Å². The molecule has 76 valence electrons. The Morgan fingerprint density at radius 1 is 1.36 bits per heavy atom. The molecule has 0 aliphatic carbocycles. The van der Waals surface area contributed by atoms with Crippen LogP contribution in [0.4, 0.5) is 13.2 Å². The van der Waals surface area contributed by atoms with Gasteiger partial charge in [0.05, 0.1) is 16.6 Å². The molecule has 0 aliphatic heterocycles. The molecule has 2 N–H and O–H groups in total. The molecule has 1 aromatic rings. The highest BCUT2D eigenvalue weighted by Gasteiger charge is 2.21. The second-order valence-electron chi connectivity index (χ2n) is 2.47. The van der Waals surface area contributed by atoms with Gasteiger partial charge in [-0.25, -0.2) is 13.2 Å². The average molecular weight is 268 g/mol. The van der Waals surface area contributed by atoms with Gasteiger partial charge in [0, 0.05) is 6.07 Å². The molecule has 0 bridgehead atoms. The summed E-state index contributed by atoms with van der Waals surface area (Å²) in [6.45, 7) is -0.536. The first-order valence-electron chi connectivity index (χ1n) is 3.55. The summed E-state index contributed by atoms with van der Waals surface area (Å²) in [4.78, 5) is 11.0. The molecule has 0 aromatic heterocycles. The van der Waals surface area contributed by atoms with E-state index in [9.17, 15) is 18.0 Å². The van der Waals surface area contributed by atoms with Crippen molar-refractivity contribution in [3.8, 4) is 0 Å². The van der Waals surface area contributed by atoms with E-state index in [4.69, 9.17) is 5.73 Å². The zero-order valence-electron chi connectivity index (χ0n) is 6.78. The van der Waals surface area contributed by atoms with E-state index in [0.717, 1.165) is 0 Å². The number of ketones is 1. The number of hydrogen-bond donors (Lipinski definition) is 1. The maximum atomic E-state index is 13.2. The van der Waals surface area contributed by atoms with E-state index in [0.29, 0.717) is 6.07 Å². The van der Waals surface area contributed by atoms with Gasteiger partial charge in [-0.1, -0.05) is 0 Å². The second-order valence-corrected chi connectivity index (χ2v) is 3.26. The normalized spacial score (nSPS) is 10.4. The molecule has 0 heterocycles. The molecule has 0 atom stereocenters. The molecule has 0 amide bonds. The van der Waals surface area contributed by atoms with Gasteiger partial charge < -0.3 is 5.73 Å². The minimum absolute atomic E-state index is 0.427. The predicted molar refractivity (Wildman–Crippen MR) is 47.4 cm³/mol. The summed E-state index contributed by atoms with van der Waals surface area (Å²) in [5, 5.41) is 0. The van der Waals surface area contributed by atoms with Crippen LogP contribution in [0.15, 0.2) is 10.5 Å². The standard InChI is InChI=1S/C8H5BrF3NO/c9-7-4(11)1-3(10)6(8(7)12)5(14)2-13/h1H,2,13H2. The van der Waals surface area contributed by atoms with Gasteiger partial charge in [0.2, 0.25) is 0 Å². The van der Waals surface area contributed by atoms with Crippen LogP contribution >= 0.6 is 15.9 Å². The molecule has 0 radical (unpaired) electrons. The molecule has 6 heteroatoms. The van der Waals surface area contributed by atoms with Crippen LogP contribution < -0.4 is 5.73 Å². The number of hydrogen-bond acceptors (Lipinski definition) is 2. The summed E-state index contributed by atoms with van der Waals surface area (Å²) in [5.41, 5.74) is 4.12. The summed E-state index contributed by atoms with van der Waals surface area (Å²) in [6, 6.07) is 0.427. The number of nitrogens with two attached hydrogens (primary N) is 1. The van der Waals surface area contributed by atoms with Gasteiger partial charge in [-0.15, -0.1) is 0 Å². The number of carbonyl (C=O) groups is 1. The Balaban J connectivity index is 3.44. The number of halogens is 4. The summed E-state index contributed by atoms with van der Waals surface area (Å²) in [7, 11) is 0. The fraction of sp³-hybridized carbons (Fsp3) is 0.125. The first kappa shape index (κ1) is 11.2. The first-order valence-corrected chi connectivity index (χ1v) is 4.34. The van der Waals surface area contributed by atoms with Crippen LogP contribution in [0.25, 0.3) is 0 Å². The molecule has 0 saturated carbocycles. The number of rotatable bonds is 2. The topological polar surface area (TPSA) is 43.1 Å². The maximum absolute atomic E-state index is 13.2. The van der Waals surface area contributed by atoms with E-state index in [1.807, 2.05) is 0 Å². The largest absolute Gasteiger partial charge is 0.324 e. The summed E-state index contributed by atoms with van der Waals surface area (Å²) in [6.07, 6.45) is 0. The van der Waals surface area contributed by atoms with Crippen LogP contribution in [0.2, 0.25) is 0 Å². The van der Waals surface area contributed by atoms with E-state index < -0.39 is 39.8 Å². The Labute approximate surface area is 86.0 Å². The lowest BCUT2D eigenvalue weighted by Gasteiger charge is -2.04.